The quantitative estimate of drug-likeness (QED) is 0.424. The first-order chi connectivity index (χ1) is 17.0. The maximum Gasteiger partial charge on any atom is 0.254 e. The second-order valence-corrected chi connectivity index (χ2v) is 9.28. The lowest BCUT2D eigenvalue weighted by atomic mass is 10.0. The van der Waals surface area contributed by atoms with E-state index >= 15 is 0 Å². The maximum absolute atomic E-state index is 13.7. The lowest BCUT2D eigenvalue weighted by Crippen LogP contribution is -2.40. The highest BCUT2D eigenvalue weighted by molar-refractivity contribution is 5.96. The van der Waals surface area contributed by atoms with Crippen LogP contribution in [0.5, 0.6) is 17.2 Å². The maximum atomic E-state index is 13.7. The third-order valence-corrected chi connectivity index (χ3v) is 6.67. The molecule has 1 amide bonds. The van der Waals surface area contributed by atoms with Crippen LogP contribution in [0.15, 0.2) is 48.0 Å². The van der Waals surface area contributed by atoms with Crippen LogP contribution in [0, 0.1) is 0 Å². The second kappa shape index (κ2) is 13.2. The van der Waals surface area contributed by atoms with E-state index in [9.17, 15) is 4.79 Å². The van der Waals surface area contributed by atoms with E-state index in [4.69, 9.17) is 14.2 Å². The molecule has 190 valence electrons. The fraction of sp³-hybridized carbons (Fsp3) is 0.483. The number of likely N-dealkylation sites (tertiary alicyclic amines) is 1. The van der Waals surface area contributed by atoms with E-state index < -0.39 is 0 Å². The van der Waals surface area contributed by atoms with Crippen LogP contribution in [0.3, 0.4) is 0 Å². The van der Waals surface area contributed by atoms with E-state index in [1.54, 1.807) is 33.5 Å². The lowest BCUT2D eigenvalue weighted by Gasteiger charge is -2.34. The smallest absolute Gasteiger partial charge is 0.254 e. The molecule has 1 atom stereocenters. The Morgan fingerprint density at radius 3 is 2.34 bits per heavy atom. The van der Waals surface area contributed by atoms with Crippen molar-refractivity contribution in [2.75, 3.05) is 47.5 Å². The van der Waals surface area contributed by atoms with E-state index in [1.807, 2.05) is 23.1 Å². The zero-order valence-electron chi connectivity index (χ0n) is 21.9. The van der Waals surface area contributed by atoms with Crippen LogP contribution in [0.25, 0.3) is 6.08 Å². The number of carbonyl (C=O) groups is 1. The van der Waals surface area contributed by atoms with E-state index in [0.717, 1.165) is 30.6 Å². The summed E-state index contributed by atoms with van der Waals surface area (Å²) in [6.45, 7) is 7.77. The zero-order chi connectivity index (χ0) is 25.2. The van der Waals surface area contributed by atoms with Gasteiger partial charge in [-0.05, 0) is 57.4 Å². The van der Waals surface area contributed by atoms with Crippen molar-refractivity contribution in [1.29, 1.82) is 0 Å². The molecule has 1 saturated heterocycles. The molecule has 2 aromatic rings. The van der Waals surface area contributed by atoms with Crippen LogP contribution >= 0.6 is 0 Å². The first-order valence-corrected chi connectivity index (χ1v) is 12.5. The minimum atomic E-state index is -0.0447. The fourth-order valence-electron chi connectivity index (χ4n) is 4.77. The molecule has 0 bridgehead atoms. The number of rotatable bonds is 11. The normalized spacial score (nSPS) is 16.6. The van der Waals surface area contributed by atoms with Gasteiger partial charge in [-0.2, -0.15) is 0 Å². The van der Waals surface area contributed by atoms with Gasteiger partial charge in [-0.1, -0.05) is 48.4 Å². The summed E-state index contributed by atoms with van der Waals surface area (Å²) < 4.78 is 16.4. The number of hydrogen-bond donors (Lipinski definition) is 0. The molecule has 3 rings (SSSR count). The number of ether oxygens (including phenoxy) is 3. The molecular weight excluding hydrogens is 440 g/mol. The molecule has 0 aromatic heterocycles. The molecule has 35 heavy (non-hydrogen) atoms. The largest absolute Gasteiger partial charge is 0.493 e. The van der Waals surface area contributed by atoms with E-state index in [2.05, 4.69) is 37.0 Å². The molecule has 1 aliphatic rings. The van der Waals surface area contributed by atoms with Crippen molar-refractivity contribution in [3.05, 3.63) is 59.2 Å². The van der Waals surface area contributed by atoms with Gasteiger partial charge in [0, 0.05) is 31.2 Å². The molecule has 2 aromatic carbocycles. The summed E-state index contributed by atoms with van der Waals surface area (Å²) in [6.07, 6.45) is 6.90. The fourth-order valence-corrected chi connectivity index (χ4v) is 4.77. The molecule has 0 radical (unpaired) electrons. The third kappa shape index (κ3) is 7.25. The second-order valence-electron chi connectivity index (χ2n) is 9.28. The van der Waals surface area contributed by atoms with Crippen LogP contribution in [0.2, 0.25) is 0 Å². The SMILES string of the molecule is COc1cc(C(=O)N(CCCN2CCCCC2C)C/C(C)=C/c2ccccc2)cc(OC)c1OC. The Labute approximate surface area is 210 Å². The van der Waals surface area contributed by atoms with Gasteiger partial charge in [-0.15, -0.1) is 0 Å². The Balaban J connectivity index is 1.82. The Bertz CT molecular complexity index is 964. The van der Waals surface area contributed by atoms with Crippen molar-refractivity contribution in [3.8, 4) is 17.2 Å². The van der Waals surface area contributed by atoms with Crippen molar-refractivity contribution in [1.82, 2.24) is 9.80 Å². The first-order valence-electron chi connectivity index (χ1n) is 12.5. The van der Waals surface area contributed by atoms with Crippen molar-refractivity contribution < 1.29 is 19.0 Å². The highest BCUT2D eigenvalue weighted by Crippen LogP contribution is 2.38. The zero-order valence-corrected chi connectivity index (χ0v) is 21.9. The molecule has 1 unspecified atom stereocenters. The van der Waals surface area contributed by atoms with Gasteiger partial charge >= 0.3 is 0 Å². The minimum absolute atomic E-state index is 0.0447. The number of carbonyl (C=O) groups excluding carboxylic acids is 1. The predicted octanol–water partition coefficient (Wildman–Crippen LogP) is 5.52. The molecule has 0 saturated carbocycles. The number of nitrogens with zero attached hydrogens (tertiary/aromatic N) is 2. The molecule has 0 spiro atoms. The summed E-state index contributed by atoms with van der Waals surface area (Å²) in [5.74, 6) is 1.40. The van der Waals surface area contributed by atoms with Crippen molar-refractivity contribution in [2.45, 2.75) is 45.6 Å². The summed E-state index contributed by atoms with van der Waals surface area (Å²) in [5, 5.41) is 0. The van der Waals surface area contributed by atoms with E-state index in [0.29, 0.717) is 41.9 Å². The molecule has 1 heterocycles. The Hall–Kier alpha value is -2.99. The highest BCUT2D eigenvalue weighted by atomic mass is 16.5. The van der Waals surface area contributed by atoms with E-state index in [-0.39, 0.29) is 5.91 Å². The molecule has 0 aliphatic carbocycles. The Morgan fingerprint density at radius 2 is 1.74 bits per heavy atom. The number of piperidine rings is 1. The molecule has 6 heteroatoms. The monoisotopic (exact) mass is 480 g/mol. The first kappa shape index (κ1) is 26.6. The summed E-state index contributed by atoms with van der Waals surface area (Å²) in [5.41, 5.74) is 2.79. The van der Waals surface area contributed by atoms with Crippen LogP contribution < -0.4 is 14.2 Å². The molecule has 1 aliphatic heterocycles. The van der Waals surface area contributed by atoms with Gasteiger partial charge in [0.05, 0.1) is 21.3 Å². The summed E-state index contributed by atoms with van der Waals surface area (Å²) in [4.78, 5) is 18.2. The van der Waals surface area contributed by atoms with Gasteiger partial charge in [-0.25, -0.2) is 0 Å². The van der Waals surface area contributed by atoms with Gasteiger partial charge in [0.15, 0.2) is 11.5 Å². The highest BCUT2D eigenvalue weighted by Gasteiger charge is 2.23. The number of methoxy groups -OCH3 is 3. The minimum Gasteiger partial charge on any atom is -0.493 e. The van der Waals surface area contributed by atoms with Gasteiger partial charge in [0.25, 0.3) is 5.91 Å². The predicted molar refractivity (Wildman–Crippen MR) is 142 cm³/mol. The van der Waals surface area contributed by atoms with E-state index in [1.165, 1.54) is 19.3 Å². The standard InChI is InChI=1S/C29H40N2O4/c1-22(18-24-13-7-6-8-14-24)21-31(17-11-16-30-15-10-9-12-23(30)2)29(32)25-19-26(33-3)28(35-5)27(20-25)34-4/h6-8,13-14,18-20,23H,9-12,15-17,21H2,1-5H3/b22-18+. The Morgan fingerprint density at radius 1 is 1.06 bits per heavy atom. The third-order valence-electron chi connectivity index (χ3n) is 6.67. The van der Waals surface area contributed by atoms with Gasteiger partial charge < -0.3 is 24.0 Å². The van der Waals surface area contributed by atoms with Gasteiger partial charge in [-0.3, -0.25) is 4.79 Å². The molecule has 1 fully saturated rings. The van der Waals surface area contributed by atoms with Crippen LogP contribution in [0.4, 0.5) is 0 Å². The van der Waals surface area contributed by atoms with Gasteiger partial charge in [0.2, 0.25) is 5.75 Å². The van der Waals surface area contributed by atoms with Crippen molar-refractivity contribution >= 4 is 12.0 Å². The van der Waals surface area contributed by atoms with Crippen LogP contribution in [0.1, 0.15) is 55.5 Å². The average molecular weight is 481 g/mol. The summed E-state index contributed by atoms with van der Waals surface area (Å²) >= 11 is 0. The average Bonchev–Trinajstić information content (AvgIpc) is 2.88. The van der Waals surface area contributed by atoms with Crippen LogP contribution in [-0.2, 0) is 0 Å². The summed E-state index contributed by atoms with van der Waals surface area (Å²) in [7, 11) is 4.69. The van der Waals surface area contributed by atoms with Gasteiger partial charge in [0.1, 0.15) is 0 Å². The number of hydrogen-bond acceptors (Lipinski definition) is 5. The molecular formula is C29H40N2O4. The number of amides is 1. The Kier molecular flexibility index (Phi) is 10.0. The van der Waals surface area contributed by atoms with Crippen molar-refractivity contribution in [2.24, 2.45) is 0 Å². The lowest BCUT2D eigenvalue weighted by molar-refractivity contribution is 0.0754. The van der Waals surface area contributed by atoms with Crippen LogP contribution in [-0.4, -0.2) is 69.3 Å². The topological polar surface area (TPSA) is 51.2 Å². The molecule has 0 N–H and O–H groups in total. The summed E-state index contributed by atoms with van der Waals surface area (Å²) in [6, 6.07) is 14.3. The van der Waals surface area contributed by atoms with Crippen molar-refractivity contribution in [3.63, 3.8) is 0 Å². The molecule has 6 nitrogen and oxygen atoms in total. The number of benzene rings is 2.